The third-order valence-corrected chi connectivity index (χ3v) is 5.61. The van der Waals surface area contributed by atoms with Gasteiger partial charge < -0.3 is 10.0 Å². The summed E-state index contributed by atoms with van der Waals surface area (Å²) in [6, 6.07) is -0.00366. The zero-order valence-electron chi connectivity index (χ0n) is 11.2. The van der Waals surface area contributed by atoms with Crippen LogP contribution in [0.15, 0.2) is 11.2 Å². The third-order valence-electron chi connectivity index (χ3n) is 3.69. The van der Waals surface area contributed by atoms with Crippen molar-refractivity contribution in [2.24, 2.45) is 0 Å². The summed E-state index contributed by atoms with van der Waals surface area (Å²) in [6.45, 7) is 1.44. The molecular formula is C11H20N4O3S. The van der Waals surface area contributed by atoms with Crippen molar-refractivity contribution >= 4 is 10.0 Å². The SMILES string of the molecule is CN1CCC(N(C)S(=O)(=O)c2[nH]ncc2CO)CC1. The van der Waals surface area contributed by atoms with E-state index in [9.17, 15) is 8.42 Å². The molecule has 0 saturated carbocycles. The fourth-order valence-electron chi connectivity index (χ4n) is 2.33. The molecule has 1 fully saturated rings. The fourth-order valence-corrected chi connectivity index (χ4v) is 3.84. The summed E-state index contributed by atoms with van der Waals surface area (Å²) in [6.07, 6.45) is 2.97. The molecule has 1 aliphatic heterocycles. The van der Waals surface area contributed by atoms with Crippen molar-refractivity contribution in [1.82, 2.24) is 19.4 Å². The molecule has 19 heavy (non-hydrogen) atoms. The Kier molecular flexibility index (Phi) is 4.24. The fraction of sp³-hybridized carbons (Fsp3) is 0.727. The minimum atomic E-state index is -3.62. The van der Waals surface area contributed by atoms with Gasteiger partial charge in [0.05, 0.1) is 12.8 Å². The molecule has 0 aliphatic carbocycles. The van der Waals surface area contributed by atoms with Gasteiger partial charge in [0.15, 0.2) is 5.03 Å². The normalized spacial score (nSPS) is 19.2. The number of hydrogen-bond acceptors (Lipinski definition) is 5. The van der Waals surface area contributed by atoms with Gasteiger partial charge in [-0.2, -0.15) is 9.40 Å². The highest BCUT2D eigenvalue weighted by atomic mass is 32.2. The van der Waals surface area contributed by atoms with Crippen LogP contribution in [0.4, 0.5) is 0 Å². The predicted octanol–water partition coefficient (Wildman–Crippen LogP) is -0.383. The number of nitrogens with zero attached hydrogens (tertiary/aromatic N) is 3. The maximum Gasteiger partial charge on any atom is 0.260 e. The van der Waals surface area contributed by atoms with Crippen molar-refractivity contribution < 1.29 is 13.5 Å². The van der Waals surface area contributed by atoms with E-state index in [0.29, 0.717) is 5.56 Å². The van der Waals surface area contributed by atoms with Crippen LogP contribution in [0.2, 0.25) is 0 Å². The Labute approximate surface area is 113 Å². The van der Waals surface area contributed by atoms with Crippen molar-refractivity contribution in [2.75, 3.05) is 27.2 Å². The summed E-state index contributed by atoms with van der Waals surface area (Å²) in [5.41, 5.74) is 0.305. The number of sulfonamides is 1. The molecule has 7 nitrogen and oxygen atoms in total. The molecular weight excluding hydrogens is 268 g/mol. The number of nitrogens with one attached hydrogen (secondary N) is 1. The van der Waals surface area contributed by atoms with E-state index in [4.69, 9.17) is 5.11 Å². The van der Waals surface area contributed by atoms with Crippen LogP contribution >= 0.6 is 0 Å². The van der Waals surface area contributed by atoms with E-state index in [1.807, 2.05) is 7.05 Å². The average Bonchev–Trinajstić information content (AvgIpc) is 2.87. The Bertz CT molecular complexity index is 520. The Morgan fingerprint density at radius 1 is 1.53 bits per heavy atom. The van der Waals surface area contributed by atoms with Gasteiger partial charge in [-0.05, 0) is 33.0 Å². The van der Waals surface area contributed by atoms with Crippen molar-refractivity contribution in [1.29, 1.82) is 0 Å². The van der Waals surface area contributed by atoms with Crippen LogP contribution in [0.1, 0.15) is 18.4 Å². The second-order valence-electron chi connectivity index (χ2n) is 4.94. The van der Waals surface area contributed by atoms with Crippen molar-refractivity contribution in [3.8, 4) is 0 Å². The van der Waals surface area contributed by atoms with Gasteiger partial charge in [-0.25, -0.2) is 8.42 Å². The Morgan fingerprint density at radius 3 is 2.74 bits per heavy atom. The number of aliphatic hydroxyl groups excluding tert-OH is 1. The number of H-pyrrole nitrogens is 1. The molecule has 1 aromatic rings. The molecule has 1 saturated heterocycles. The summed E-state index contributed by atoms with van der Waals surface area (Å²) in [7, 11) is 0.00307. The van der Waals surface area contributed by atoms with E-state index >= 15 is 0 Å². The van der Waals surface area contributed by atoms with E-state index in [2.05, 4.69) is 15.1 Å². The van der Waals surface area contributed by atoms with Crippen molar-refractivity contribution in [3.63, 3.8) is 0 Å². The quantitative estimate of drug-likeness (QED) is 0.788. The second-order valence-corrected chi connectivity index (χ2v) is 6.87. The summed E-state index contributed by atoms with van der Waals surface area (Å²) in [5, 5.41) is 15.3. The number of piperidine rings is 1. The van der Waals surface area contributed by atoms with Crippen LogP contribution < -0.4 is 0 Å². The molecule has 2 N–H and O–H groups in total. The zero-order chi connectivity index (χ0) is 14.0. The molecule has 0 aromatic carbocycles. The highest BCUT2D eigenvalue weighted by molar-refractivity contribution is 7.89. The van der Waals surface area contributed by atoms with Gasteiger partial charge in [0.25, 0.3) is 10.0 Å². The van der Waals surface area contributed by atoms with E-state index in [1.54, 1.807) is 7.05 Å². The van der Waals surface area contributed by atoms with Gasteiger partial charge in [-0.3, -0.25) is 5.10 Å². The molecule has 0 spiro atoms. The van der Waals surface area contributed by atoms with E-state index in [-0.39, 0.29) is 17.7 Å². The molecule has 1 aromatic heterocycles. The van der Waals surface area contributed by atoms with Gasteiger partial charge in [-0.1, -0.05) is 0 Å². The second kappa shape index (κ2) is 5.58. The first-order valence-electron chi connectivity index (χ1n) is 6.26. The number of aromatic nitrogens is 2. The number of rotatable bonds is 4. The van der Waals surface area contributed by atoms with Crippen LogP contribution in [0.5, 0.6) is 0 Å². The lowest BCUT2D eigenvalue weighted by Gasteiger charge is -2.34. The highest BCUT2D eigenvalue weighted by Crippen LogP contribution is 2.23. The molecule has 0 unspecified atom stereocenters. The Morgan fingerprint density at radius 2 is 2.16 bits per heavy atom. The van der Waals surface area contributed by atoms with E-state index in [1.165, 1.54) is 10.5 Å². The molecule has 2 rings (SSSR count). The van der Waals surface area contributed by atoms with Crippen molar-refractivity contribution in [2.45, 2.75) is 30.5 Å². The molecule has 0 radical (unpaired) electrons. The van der Waals surface area contributed by atoms with E-state index in [0.717, 1.165) is 25.9 Å². The van der Waals surface area contributed by atoms with Crippen LogP contribution in [0, 0.1) is 0 Å². The first-order chi connectivity index (χ1) is 8.96. The molecule has 8 heteroatoms. The minimum Gasteiger partial charge on any atom is -0.392 e. The lowest BCUT2D eigenvalue weighted by Crippen LogP contribution is -2.44. The molecule has 1 aliphatic rings. The Hall–Kier alpha value is -0.960. The van der Waals surface area contributed by atoms with Gasteiger partial charge in [0.1, 0.15) is 0 Å². The molecule has 0 atom stereocenters. The maximum atomic E-state index is 12.5. The van der Waals surface area contributed by atoms with Crippen LogP contribution in [-0.4, -0.2) is 66.2 Å². The third kappa shape index (κ3) is 2.81. The summed E-state index contributed by atoms with van der Waals surface area (Å²) >= 11 is 0. The number of aromatic amines is 1. The van der Waals surface area contributed by atoms with Crippen molar-refractivity contribution in [3.05, 3.63) is 11.8 Å². The lowest BCUT2D eigenvalue weighted by molar-refractivity contribution is 0.197. The molecule has 0 bridgehead atoms. The average molecular weight is 288 g/mol. The lowest BCUT2D eigenvalue weighted by atomic mass is 10.1. The summed E-state index contributed by atoms with van der Waals surface area (Å²) in [4.78, 5) is 2.19. The standard InChI is InChI=1S/C11H20N4O3S/c1-14-5-3-10(4-6-14)15(2)19(17,18)11-9(8-16)7-12-13-11/h7,10,16H,3-6,8H2,1-2H3,(H,12,13). The first-order valence-corrected chi connectivity index (χ1v) is 7.70. The van der Waals surface area contributed by atoms with Crippen LogP contribution in [-0.2, 0) is 16.6 Å². The highest BCUT2D eigenvalue weighted by Gasteiger charge is 2.32. The van der Waals surface area contributed by atoms with Crippen LogP contribution in [0.3, 0.4) is 0 Å². The number of likely N-dealkylation sites (tertiary alicyclic amines) is 1. The largest absolute Gasteiger partial charge is 0.392 e. The topological polar surface area (TPSA) is 89.5 Å². The number of aliphatic hydroxyl groups is 1. The van der Waals surface area contributed by atoms with E-state index < -0.39 is 10.0 Å². The van der Waals surface area contributed by atoms with Crippen LogP contribution in [0.25, 0.3) is 0 Å². The zero-order valence-corrected chi connectivity index (χ0v) is 12.0. The predicted molar refractivity (Wildman–Crippen MR) is 70.0 cm³/mol. The number of hydrogen-bond donors (Lipinski definition) is 2. The Balaban J connectivity index is 2.20. The molecule has 2 heterocycles. The van der Waals surface area contributed by atoms with Gasteiger partial charge in [0, 0.05) is 18.7 Å². The monoisotopic (exact) mass is 288 g/mol. The summed E-state index contributed by atoms with van der Waals surface area (Å²) in [5.74, 6) is 0. The summed E-state index contributed by atoms with van der Waals surface area (Å²) < 4.78 is 26.4. The van der Waals surface area contributed by atoms with Gasteiger partial charge >= 0.3 is 0 Å². The maximum absolute atomic E-state index is 12.5. The molecule has 0 amide bonds. The van der Waals surface area contributed by atoms with Gasteiger partial charge in [-0.15, -0.1) is 0 Å². The minimum absolute atomic E-state index is 0.00331. The smallest absolute Gasteiger partial charge is 0.260 e. The van der Waals surface area contributed by atoms with Gasteiger partial charge in [0.2, 0.25) is 0 Å². The first kappa shape index (κ1) is 14.4. The molecule has 108 valence electrons.